The Labute approximate surface area is 139 Å². The second-order valence-electron chi connectivity index (χ2n) is 4.14. The molecule has 0 bridgehead atoms. The van der Waals surface area contributed by atoms with Gasteiger partial charge in [0.2, 0.25) is 0 Å². The number of imide groups is 1. The molecule has 1 aromatic heterocycles. The van der Waals surface area contributed by atoms with Crippen molar-refractivity contribution in [3.63, 3.8) is 0 Å². The summed E-state index contributed by atoms with van der Waals surface area (Å²) in [5, 5.41) is 0.136. The summed E-state index contributed by atoms with van der Waals surface area (Å²) in [6.07, 6.45) is 1.67. The van der Waals surface area contributed by atoms with Crippen LogP contribution in [0.2, 0.25) is 9.36 Å². The van der Waals surface area contributed by atoms with Gasteiger partial charge in [-0.3, -0.25) is 9.59 Å². The number of halogens is 2. The average molecular weight is 356 g/mol. The van der Waals surface area contributed by atoms with Crippen molar-refractivity contribution in [1.82, 2.24) is 0 Å². The molecule has 0 radical (unpaired) electrons. The zero-order valence-electron chi connectivity index (χ0n) is 10.4. The normalized spacial score (nSPS) is 17.0. The molecule has 3 nitrogen and oxygen atoms in total. The molecular formula is C14H7Cl2NO2S2. The van der Waals surface area contributed by atoms with Gasteiger partial charge in [0, 0.05) is 9.90 Å². The maximum absolute atomic E-state index is 12.4. The summed E-state index contributed by atoms with van der Waals surface area (Å²) in [6, 6.07) is 10.2. The second-order valence-corrected chi connectivity index (χ2v) is 7.32. The molecule has 2 heterocycles. The lowest BCUT2D eigenvalue weighted by Gasteiger charge is -2.12. The lowest BCUT2D eigenvalue weighted by Crippen LogP contribution is -2.27. The van der Waals surface area contributed by atoms with E-state index in [2.05, 4.69) is 0 Å². The largest absolute Gasteiger partial charge is 0.298 e. The quantitative estimate of drug-likeness (QED) is 0.686. The second kappa shape index (κ2) is 5.85. The highest BCUT2D eigenvalue weighted by Gasteiger charge is 2.36. The number of carbonyl (C=O) groups excluding carboxylic acids is 2. The van der Waals surface area contributed by atoms with E-state index in [0.717, 1.165) is 21.5 Å². The number of thiophene rings is 1. The average Bonchev–Trinajstić information content (AvgIpc) is 2.94. The number of hydrogen-bond acceptors (Lipinski definition) is 4. The van der Waals surface area contributed by atoms with Gasteiger partial charge in [-0.05, 0) is 48.2 Å². The van der Waals surface area contributed by atoms with Crippen LogP contribution in [0.3, 0.4) is 0 Å². The number of carbonyl (C=O) groups is 2. The van der Waals surface area contributed by atoms with Gasteiger partial charge in [-0.1, -0.05) is 29.3 Å². The van der Waals surface area contributed by atoms with Crippen molar-refractivity contribution >= 4 is 69.2 Å². The van der Waals surface area contributed by atoms with E-state index in [1.807, 2.05) is 0 Å². The summed E-state index contributed by atoms with van der Waals surface area (Å²) in [5.74, 6) is -0.350. The third-order valence-corrected chi connectivity index (χ3v) is 5.01. The van der Waals surface area contributed by atoms with Crippen LogP contribution >= 0.6 is 46.3 Å². The number of nitrogens with zero attached hydrogens (tertiary/aromatic N) is 1. The maximum Gasteiger partial charge on any atom is 0.298 e. The van der Waals surface area contributed by atoms with E-state index in [1.54, 1.807) is 42.5 Å². The van der Waals surface area contributed by atoms with Crippen molar-refractivity contribution in [3.8, 4) is 0 Å². The van der Waals surface area contributed by atoms with E-state index >= 15 is 0 Å². The molecule has 1 saturated heterocycles. The third-order valence-electron chi connectivity index (χ3n) is 2.73. The molecule has 1 aliphatic heterocycles. The van der Waals surface area contributed by atoms with Gasteiger partial charge < -0.3 is 0 Å². The molecule has 1 aromatic carbocycles. The molecule has 1 fully saturated rings. The molecule has 0 spiro atoms. The summed E-state index contributed by atoms with van der Waals surface area (Å²) in [4.78, 5) is 26.8. The van der Waals surface area contributed by atoms with Gasteiger partial charge in [0.1, 0.15) is 0 Å². The molecular weight excluding hydrogens is 349 g/mol. The Balaban J connectivity index is 1.94. The minimum atomic E-state index is -0.350. The predicted molar refractivity (Wildman–Crippen MR) is 89.2 cm³/mol. The molecule has 106 valence electrons. The van der Waals surface area contributed by atoms with Crippen LogP contribution in [0.4, 0.5) is 10.5 Å². The summed E-state index contributed by atoms with van der Waals surface area (Å²) < 4.78 is 0.635. The van der Waals surface area contributed by atoms with Gasteiger partial charge in [0.15, 0.2) is 0 Å². The summed E-state index contributed by atoms with van der Waals surface area (Å²) >= 11 is 14.0. The van der Waals surface area contributed by atoms with Gasteiger partial charge in [-0.15, -0.1) is 11.3 Å². The molecule has 2 aromatic rings. The molecule has 21 heavy (non-hydrogen) atoms. The van der Waals surface area contributed by atoms with E-state index in [9.17, 15) is 9.59 Å². The van der Waals surface area contributed by atoms with E-state index in [-0.39, 0.29) is 11.1 Å². The van der Waals surface area contributed by atoms with Crippen LogP contribution < -0.4 is 4.90 Å². The Morgan fingerprint density at radius 2 is 1.90 bits per heavy atom. The zero-order chi connectivity index (χ0) is 15.0. The minimum Gasteiger partial charge on any atom is -0.268 e. The first kappa shape index (κ1) is 14.7. The third kappa shape index (κ3) is 3.01. The lowest BCUT2D eigenvalue weighted by atomic mass is 10.3. The van der Waals surface area contributed by atoms with Gasteiger partial charge in [0.25, 0.3) is 11.1 Å². The molecule has 7 heteroatoms. The molecule has 0 unspecified atom stereocenters. The number of anilines is 1. The van der Waals surface area contributed by atoms with Crippen molar-refractivity contribution < 1.29 is 9.59 Å². The standard InChI is InChI=1S/C14H7Cl2NO2S2/c15-8-2-1-3-9(6-8)17-13(18)11(21-14(17)19)7-10-4-5-12(16)20-10/h1-7H/b11-7+. The first-order valence-electron chi connectivity index (χ1n) is 5.83. The van der Waals surface area contributed by atoms with Gasteiger partial charge in [-0.25, -0.2) is 4.90 Å². The number of thioether (sulfide) groups is 1. The minimum absolute atomic E-state index is 0.337. The smallest absolute Gasteiger partial charge is 0.268 e. The Kier molecular flexibility index (Phi) is 4.08. The number of benzene rings is 1. The van der Waals surface area contributed by atoms with Crippen molar-refractivity contribution in [2.75, 3.05) is 4.90 Å². The molecule has 1 aliphatic rings. The van der Waals surface area contributed by atoms with E-state index in [0.29, 0.717) is 20.0 Å². The van der Waals surface area contributed by atoms with Crippen LogP contribution in [-0.2, 0) is 4.79 Å². The molecule has 0 atom stereocenters. The van der Waals surface area contributed by atoms with Crippen LogP contribution in [0.5, 0.6) is 0 Å². The van der Waals surface area contributed by atoms with Crippen LogP contribution in [0.1, 0.15) is 4.88 Å². The first-order valence-corrected chi connectivity index (χ1v) is 8.22. The Morgan fingerprint density at radius 1 is 1.10 bits per heavy atom. The van der Waals surface area contributed by atoms with Crippen molar-refractivity contribution in [2.24, 2.45) is 0 Å². The highest BCUT2D eigenvalue weighted by molar-refractivity contribution is 8.19. The van der Waals surface area contributed by atoms with Crippen LogP contribution in [0.25, 0.3) is 6.08 Å². The lowest BCUT2D eigenvalue weighted by molar-refractivity contribution is -0.113. The first-order chi connectivity index (χ1) is 10.0. The predicted octanol–water partition coefficient (Wildman–Crippen LogP) is 5.30. The zero-order valence-corrected chi connectivity index (χ0v) is 13.5. The van der Waals surface area contributed by atoms with E-state index < -0.39 is 0 Å². The topological polar surface area (TPSA) is 37.4 Å². The maximum atomic E-state index is 12.4. The summed E-state index contributed by atoms with van der Waals surface area (Å²) in [5.41, 5.74) is 0.470. The molecule has 0 N–H and O–H groups in total. The Hall–Kier alpha value is -1.27. The SMILES string of the molecule is O=C1S/C(=C/c2ccc(Cl)s2)C(=O)N1c1cccc(Cl)c1. The summed E-state index contributed by atoms with van der Waals surface area (Å²) in [6.45, 7) is 0. The fourth-order valence-electron chi connectivity index (χ4n) is 1.84. The van der Waals surface area contributed by atoms with Crippen LogP contribution in [0.15, 0.2) is 41.3 Å². The molecule has 3 rings (SSSR count). The van der Waals surface area contributed by atoms with Crippen molar-refractivity contribution in [2.45, 2.75) is 0 Å². The molecule has 0 aliphatic carbocycles. The fraction of sp³-hybridized carbons (Fsp3) is 0. The van der Waals surface area contributed by atoms with E-state index in [4.69, 9.17) is 23.2 Å². The van der Waals surface area contributed by atoms with Gasteiger partial charge in [-0.2, -0.15) is 0 Å². The van der Waals surface area contributed by atoms with E-state index in [1.165, 1.54) is 11.3 Å². The van der Waals surface area contributed by atoms with Crippen LogP contribution in [0, 0.1) is 0 Å². The number of hydrogen-bond donors (Lipinski definition) is 0. The highest BCUT2D eigenvalue weighted by Crippen LogP contribution is 2.37. The number of rotatable bonds is 2. The van der Waals surface area contributed by atoms with Crippen molar-refractivity contribution in [1.29, 1.82) is 0 Å². The Bertz CT molecular complexity index is 770. The summed E-state index contributed by atoms with van der Waals surface area (Å²) in [7, 11) is 0. The van der Waals surface area contributed by atoms with Crippen LogP contribution in [-0.4, -0.2) is 11.1 Å². The van der Waals surface area contributed by atoms with Crippen molar-refractivity contribution in [3.05, 3.63) is 55.5 Å². The highest BCUT2D eigenvalue weighted by atomic mass is 35.5. The molecule has 2 amide bonds. The molecule has 0 saturated carbocycles. The Morgan fingerprint density at radius 3 is 2.57 bits per heavy atom. The van der Waals surface area contributed by atoms with Gasteiger partial charge in [0.05, 0.1) is 14.9 Å². The monoisotopic (exact) mass is 355 g/mol. The fourth-order valence-corrected chi connectivity index (χ4v) is 3.94. The number of amides is 2. The van der Waals surface area contributed by atoms with Gasteiger partial charge >= 0.3 is 0 Å².